The molecule has 7 nitrogen and oxygen atoms in total. The summed E-state index contributed by atoms with van der Waals surface area (Å²) in [6.07, 6.45) is 1.34. The third kappa shape index (κ3) is 2.06. The second-order valence-corrected chi connectivity index (χ2v) is 4.54. The summed E-state index contributed by atoms with van der Waals surface area (Å²) in [5.41, 5.74) is 6.40. The molecule has 2 aromatic heterocycles. The predicted molar refractivity (Wildman–Crippen MR) is 72.2 cm³/mol. The number of hydrogen-bond donors (Lipinski definition) is 2. The second kappa shape index (κ2) is 4.39. The van der Waals surface area contributed by atoms with E-state index in [0.29, 0.717) is 27.4 Å². The standard InChI is InChI=1S/C11H8BrN5O2/c12-10-6(13)2-1-3-7(10)19-9-4-8-15-16-11(18)17(8)5-14-9/h1-5H,13H2,(H,16,18). The molecule has 2 heterocycles. The lowest BCUT2D eigenvalue weighted by molar-refractivity contribution is 0.459. The maximum Gasteiger partial charge on any atom is 0.348 e. The molecule has 1 aromatic carbocycles. The lowest BCUT2D eigenvalue weighted by atomic mass is 10.3. The van der Waals surface area contributed by atoms with Crippen LogP contribution in [0.3, 0.4) is 0 Å². The average Bonchev–Trinajstić information content (AvgIpc) is 2.76. The fourth-order valence-electron chi connectivity index (χ4n) is 1.57. The zero-order valence-corrected chi connectivity index (χ0v) is 11.1. The molecule has 0 amide bonds. The van der Waals surface area contributed by atoms with Crippen LogP contribution in [-0.2, 0) is 0 Å². The summed E-state index contributed by atoms with van der Waals surface area (Å²) < 4.78 is 7.53. The van der Waals surface area contributed by atoms with E-state index < -0.39 is 0 Å². The number of hydrogen-bond acceptors (Lipinski definition) is 5. The fourth-order valence-corrected chi connectivity index (χ4v) is 1.91. The summed E-state index contributed by atoms with van der Waals surface area (Å²) in [5, 5.41) is 6.15. The SMILES string of the molecule is Nc1cccc(Oc2cc3n[nH]c(=O)n3cn2)c1Br. The van der Waals surface area contributed by atoms with Gasteiger partial charge in [-0.1, -0.05) is 6.07 Å². The van der Waals surface area contributed by atoms with Gasteiger partial charge in [0.25, 0.3) is 0 Å². The molecule has 0 aliphatic heterocycles. The number of H-pyrrole nitrogens is 1. The van der Waals surface area contributed by atoms with Gasteiger partial charge >= 0.3 is 5.69 Å². The van der Waals surface area contributed by atoms with Crippen LogP contribution < -0.4 is 16.2 Å². The average molecular weight is 322 g/mol. The molecule has 0 spiro atoms. The van der Waals surface area contributed by atoms with E-state index in [1.54, 1.807) is 24.3 Å². The highest BCUT2D eigenvalue weighted by Crippen LogP contribution is 2.33. The Morgan fingerprint density at radius 3 is 3.11 bits per heavy atom. The van der Waals surface area contributed by atoms with E-state index in [-0.39, 0.29) is 5.69 Å². The van der Waals surface area contributed by atoms with Crippen LogP contribution in [0.1, 0.15) is 0 Å². The van der Waals surface area contributed by atoms with E-state index in [2.05, 4.69) is 31.1 Å². The normalized spacial score (nSPS) is 10.8. The number of ether oxygens (including phenoxy) is 1. The van der Waals surface area contributed by atoms with Crippen molar-refractivity contribution in [3.8, 4) is 11.6 Å². The number of nitrogens with one attached hydrogen (secondary N) is 1. The Bertz CT molecular complexity index is 810. The molecule has 0 aliphatic rings. The maximum absolute atomic E-state index is 11.3. The summed E-state index contributed by atoms with van der Waals surface area (Å²) in [7, 11) is 0. The fraction of sp³-hybridized carbons (Fsp3) is 0. The van der Waals surface area contributed by atoms with E-state index in [0.717, 1.165) is 0 Å². The highest BCUT2D eigenvalue weighted by molar-refractivity contribution is 9.10. The molecule has 3 rings (SSSR count). The van der Waals surface area contributed by atoms with Gasteiger partial charge in [0.15, 0.2) is 5.65 Å². The summed E-state index contributed by atoms with van der Waals surface area (Å²) >= 11 is 3.34. The number of benzene rings is 1. The van der Waals surface area contributed by atoms with Crippen molar-refractivity contribution < 1.29 is 4.74 Å². The lowest BCUT2D eigenvalue weighted by Crippen LogP contribution is -2.09. The van der Waals surface area contributed by atoms with E-state index in [9.17, 15) is 4.79 Å². The first-order valence-corrected chi connectivity index (χ1v) is 6.09. The van der Waals surface area contributed by atoms with Gasteiger partial charge in [-0.15, -0.1) is 0 Å². The van der Waals surface area contributed by atoms with Crippen LogP contribution >= 0.6 is 15.9 Å². The first kappa shape index (κ1) is 11.7. The number of fused-ring (bicyclic) bond motifs is 1. The van der Waals surface area contributed by atoms with Gasteiger partial charge in [0, 0.05) is 11.8 Å². The van der Waals surface area contributed by atoms with Crippen LogP contribution in [0.4, 0.5) is 5.69 Å². The quantitative estimate of drug-likeness (QED) is 0.698. The van der Waals surface area contributed by atoms with Gasteiger partial charge in [-0.25, -0.2) is 19.3 Å². The van der Waals surface area contributed by atoms with Crippen LogP contribution in [0.25, 0.3) is 5.65 Å². The number of rotatable bonds is 2. The zero-order chi connectivity index (χ0) is 13.4. The van der Waals surface area contributed by atoms with Crippen LogP contribution in [0.15, 0.2) is 39.9 Å². The third-order valence-electron chi connectivity index (χ3n) is 2.49. The van der Waals surface area contributed by atoms with Gasteiger partial charge in [0.05, 0.1) is 4.47 Å². The molecule has 0 bridgehead atoms. The molecule has 0 unspecified atom stereocenters. The van der Waals surface area contributed by atoms with Gasteiger partial charge in [0.1, 0.15) is 12.1 Å². The molecule has 19 heavy (non-hydrogen) atoms. The number of aromatic amines is 1. The second-order valence-electron chi connectivity index (χ2n) is 3.75. The molecule has 0 aliphatic carbocycles. The van der Waals surface area contributed by atoms with Crippen LogP contribution in [0.5, 0.6) is 11.6 Å². The van der Waals surface area contributed by atoms with Crippen molar-refractivity contribution in [2.45, 2.75) is 0 Å². The largest absolute Gasteiger partial charge is 0.438 e. The van der Waals surface area contributed by atoms with Crippen molar-refractivity contribution in [1.82, 2.24) is 19.6 Å². The number of halogens is 1. The molecule has 8 heteroatoms. The summed E-state index contributed by atoms with van der Waals surface area (Å²) in [6, 6.07) is 6.82. The Kier molecular flexibility index (Phi) is 2.71. The van der Waals surface area contributed by atoms with Crippen LogP contribution in [-0.4, -0.2) is 19.6 Å². The predicted octanol–water partition coefficient (Wildman–Crippen LogP) is 1.55. The molecule has 96 valence electrons. The lowest BCUT2D eigenvalue weighted by Gasteiger charge is -2.07. The third-order valence-corrected chi connectivity index (χ3v) is 3.34. The van der Waals surface area contributed by atoms with E-state index in [4.69, 9.17) is 10.5 Å². The number of nitrogen functional groups attached to an aromatic ring is 1. The topological polar surface area (TPSA) is 98.3 Å². The first-order chi connectivity index (χ1) is 9.15. The Morgan fingerprint density at radius 1 is 1.42 bits per heavy atom. The molecule has 0 saturated heterocycles. The number of anilines is 1. The van der Waals surface area contributed by atoms with Crippen molar-refractivity contribution in [2.24, 2.45) is 0 Å². The smallest absolute Gasteiger partial charge is 0.348 e. The molecule has 0 saturated carbocycles. The minimum atomic E-state index is -0.348. The Balaban J connectivity index is 2.01. The molecule has 3 aromatic rings. The van der Waals surface area contributed by atoms with E-state index >= 15 is 0 Å². The Morgan fingerprint density at radius 2 is 2.26 bits per heavy atom. The van der Waals surface area contributed by atoms with Crippen molar-refractivity contribution >= 4 is 27.3 Å². The minimum Gasteiger partial charge on any atom is -0.438 e. The summed E-state index contributed by atoms with van der Waals surface area (Å²) in [4.78, 5) is 15.3. The Hall–Kier alpha value is -2.35. The summed E-state index contributed by atoms with van der Waals surface area (Å²) in [5.74, 6) is 0.854. The molecular weight excluding hydrogens is 314 g/mol. The Labute approximate surface area is 115 Å². The van der Waals surface area contributed by atoms with Crippen LogP contribution in [0, 0.1) is 0 Å². The number of nitrogens with two attached hydrogens (primary N) is 1. The molecular formula is C11H8BrN5O2. The molecule has 0 radical (unpaired) electrons. The van der Waals surface area contributed by atoms with Crippen molar-refractivity contribution in [3.63, 3.8) is 0 Å². The van der Waals surface area contributed by atoms with E-state index in [1.807, 2.05) is 0 Å². The molecule has 0 atom stereocenters. The minimum absolute atomic E-state index is 0.317. The number of aromatic nitrogens is 4. The van der Waals surface area contributed by atoms with Gasteiger partial charge in [-0.05, 0) is 28.1 Å². The maximum atomic E-state index is 11.3. The van der Waals surface area contributed by atoms with E-state index in [1.165, 1.54) is 10.7 Å². The van der Waals surface area contributed by atoms with Gasteiger partial charge in [0.2, 0.25) is 5.88 Å². The first-order valence-electron chi connectivity index (χ1n) is 5.30. The van der Waals surface area contributed by atoms with Crippen LogP contribution in [0.2, 0.25) is 0 Å². The zero-order valence-electron chi connectivity index (χ0n) is 9.50. The van der Waals surface area contributed by atoms with Crippen molar-refractivity contribution in [2.75, 3.05) is 5.73 Å². The highest BCUT2D eigenvalue weighted by Gasteiger charge is 2.08. The van der Waals surface area contributed by atoms with Crippen molar-refractivity contribution in [3.05, 3.63) is 45.5 Å². The monoisotopic (exact) mass is 321 g/mol. The van der Waals surface area contributed by atoms with Gasteiger partial charge < -0.3 is 10.5 Å². The van der Waals surface area contributed by atoms with Gasteiger partial charge in [-0.2, -0.15) is 5.10 Å². The van der Waals surface area contributed by atoms with Gasteiger partial charge in [-0.3, -0.25) is 0 Å². The van der Waals surface area contributed by atoms with Crippen molar-refractivity contribution in [1.29, 1.82) is 0 Å². The molecule has 3 N–H and O–H groups in total. The summed E-state index contributed by atoms with van der Waals surface area (Å²) in [6.45, 7) is 0. The highest BCUT2D eigenvalue weighted by atomic mass is 79.9. The molecule has 0 fully saturated rings. The number of nitrogens with zero attached hydrogens (tertiary/aromatic N) is 3.